The van der Waals surface area contributed by atoms with Crippen molar-refractivity contribution in [2.45, 2.75) is 12.6 Å². The van der Waals surface area contributed by atoms with Crippen LogP contribution < -0.4 is 10.6 Å². The summed E-state index contributed by atoms with van der Waals surface area (Å²) in [5.74, 6) is 0.545. The van der Waals surface area contributed by atoms with E-state index in [1.54, 1.807) is 6.07 Å². The van der Waals surface area contributed by atoms with Crippen LogP contribution in [0.15, 0.2) is 49.5 Å². The molecule has 1 fully saturated rings. The van der Waals surface area contributed by atoms with Crippen molar-refractivity contribution in [3.63, 3.8) is 0 Å². The van der Waals surface area contributed by atoms with E-state index in [2.05, 4.69) is 35.3 Å². The van der Waals surface area contributed by atoms with Gasteiger partial charge in [-0.15, -0.1) is 0 Å². The van der Waals surface area contributed by atoms with Gasteiger partial charge in [-0.2, -0.15) is 0 Å². The summed E-state index contributed by atoms with van der Waals surface area (Å²) in [6.07, 6.45) is 0. The molecule has 2 N–H and O–H groups in total. The van der Waals surface area contributed by atoms with Crippen molar-refractivity contribution in [3.05, 3.63) is 66.4 Å². The van der Waals surface area contributed by atoms with E-state index in [1.807, 2.05) is 6.07 Å². The summed E-state index contributed by atoms with van der Waals surface area (Å²) in [7, 11) is 0. The smallest absolute Gasteiger partial charge is 0.123 e. The van der Waals surface area contributed by atoms with E-state index in [9.17, 15) is 4.39 Å². The largest absolute Gasteiger partial charge is 0.365 e. The van der Waals surface area contributed by atoms with E-state index in [-0.39, 0.29) is 11.9 Å². The van der Waals surface area contributed by atoms with Gasteiger partial charge in [0.1, 0.15) is 5.82 Å². The Labute approximate surface area is 112 Å². The number of rotatable bonds is 2. The first-order valence-electron chi connectivity index (χ1n) is 6.18. The predicted octanol–water partition coefficient (Wildman–Crippen LogP) is 2.16. The molecule has 0 radical (unpaired) electrons. The molecule has 0 aromatic heterocycles. The number of benzene rings is 1. The molecule has 1 aromatic carbocycles. The van der Waals surface area contributed by atoms with Crippen LogP contribution in [0.5, 0.6) is 0 Å². The normalized spacial score (nSPS) is 21.4. The van der Waals surface area contributed by atoms with Crippen LogP contribution in [0, 0.1) is 5.82 Å². The number of halogens is 1. The molecular weight excluding hydrogens is 241 g/mol. The zero-order valence-corrected chi connectivity index (χ0v) is 10.7. The van der Waals surface area contributed by atoms with Crippen LogP contribution >= 0.6 is 0 Å². The summed E-state index contributed by atoms with van der Waals surface area (Å²) >= 11 is 0. The first kappa shape index (κ1) is 11.8. The highest BCUT2D eigenvalue weighted by atomic mass is 19.1. The van der Waals surface area contributed by atoms with Gasteiger partial charge in [-0.3, -0.25) is 0 Å². The van der Waals surface area contributed by atoms with Gasteiger partial charge in [-0.25, -0.2) is 4.39 Å². The summed E-state index contributed by atoms with van der Waals surface area (Å²) in [6, 6.07) is 4.96. The molecule has 2 heterocycles. The highest BCUT2D eigenvalue weighted by Gasteiger charge is 2.28. The second-order valence-corrected chi connectivity index (χ2v) is 4.95. The molecule has 1 aromatic rings. The maximum absolute atomic E-state index is 13.3. The molecule has 0 spiro atoms. The Kier molecular flexibility index (Phi) is 2.59. The molecule has 0 aliphatic carbocycles. The standard InChI is InChI=1S/C15H16FN3/c1-9-15(18-11(3)17-9)8-19-7-12-4-5-13(16)6-14(12)10(19)2/h4-6,15,17-18H,1-3,7-8H2. The van der Waals surface area contributed by atoms with Crippen molar-refractivity contribution in [2.75, 3.05) is 6.54 Å². The first-order valence-corrected chi connectivity index (χ1v) is 6.18. The molecular formula is C15H16FN3. The van der Waals surface area contributed by atoms with Crippen LogP contribution in [0.1, 0.15) is 11.1 Å². The highest BCUT2D eigenvalue weighted by Crippen LogP contribution is 2.32. The Morgan fingerprint density at radius 3 is 2.79 bits per heavy atom. The fraction of sp³-hybridized carbons (Fsp3) is 0.200. The molecule has 3 rings (SSSR count). The molecule has 3 nitrogen and oxygen atoms in total. The lowest BCUT2D eigenvalue weighted by atomic mass is 10.1. The quantitative estimate of drug-likeness (QED) is 0.850. The molecule has 2 aliphatic rings. The van der Waals surface area contributed by atoms with E-state index in [4.69, 9.17) is 0 Å². The highest BCUT2D eigenvalue weighted by molar-refractivity contribution is 5.69. The Morgan fingerprint density at radius 2 is 2.11 bits per heavy atom. The number of nitrogens with zero attached hydrogens (tertiary/aromatic N) is 1. The van der Waals surface area contributed by atoms with Crippen molar-refractivity contribution >= 4 is 5.70 Å². The molecule has 98 valence electrons. The van der Waals surface area contributed by atoms with E-state index < -0.39 is 0 Å². The second-order valence-electron chi connectivity index (χ2n) is 4.95. The maximum atomic E-state index is 13.3. The van der Waals surface area contributed by atoms with Crippen LogP contribution in [-0.4, -0.2) is 17.5 Å². The van der Waals surface area contributed by atoms with Crippen molar-refractivity contribution in [2.24, 2.45) is 0 Å². The Balaban J connectivity index is 1.77. The maximum Gasteiger partial charge on any atom is 0.123 e. The molecule has 0 bridgehead atoms. The van der Waals surface area contributed by atoms with Crippen LogP contribution in [0.2, 0.25) is 0 Å². The second kappa shape index (κ2) is 4.16. The molecule has 1 unspecified atom stereocenters. The minimum atomic E-state index is -0.222. The van der Waals surface area contributed by atoms with E-state index in [0.29, 0.717) is 0 Å². The SMILES string of the molecule is C=C1NC(=C)C(CN2Cc3ccc(F)cc3C2=C)N1. The third-order valence-corrected chi connectivity index (χ3v) is 3.61. The Bertz CT molecular complexity index is 591. The number of fused-ring (bicyclic) bond motifs is 1. The van der Waals surface area contributed by atoms with Gasteiger partial charge < -0.3 is 15.5 Å². The summed E-state index contributed by atoms with van der Waals surface area (Å²) in [5.41, 5.74) is 3.78. The predicted molar refractivity (Wildman–Crippen MR) is 74.2 cm³/mol. The molecule has 1 saturated heterocycles. The van der Waals surface area contributed by atoms with Gasteiger partial charge in [0.15, 0.2) is 0 Å². The number of nitrogens with one attached hydrogen (secondary N) is 2. The van der Waals surface area contributed by atoms with Gasteiger partial charge >= 0.3 is 0 Å². The fourth-order valence-corrected chi connectivity index (χ4v) is 2.59. The van der Waals surface area contributed by atoms with Crippen molar-refractivity contribution in [3.8, 4) is 0 Å². The first-order chi connectivity index (χ1) is 9.04. The van der Waals surface area contributed by atoms with Crippen LogP contribution in [0.3, 0.4) is 0 Å². The van der Waals surface area contributed by atoms with Gasteiger partial charge in [-0.05, 0) is 17.7 Å². The summed E-state index contributed by atoms with van der Waals surface area (Å²) in [5, 5.41) is 6.30. The average molecular weight is 257 g/mol. The number of hydrogen-bond donors (Lipinski definition) is 2. The van der Waals surface area contributed by atoms with Crippen molar-refractivity contribution < 1.29 is 4.39 Å². The van der Waals surface area contributed by atoms with Crippen LogP contribution in [-0.2, 0) is 6.54 Å². The third kappa shape index (κ3) is 1.99. The molecule has 0 amide bonds. The monoisotopic (exact) mass is 257 g/mol. The lowest BCUT2D eigenvalue weighted by Crippen LogP contribution is -2.34. The average Bonchev–Trinajstić information content (AvgIpc) is 2.82. The lowest BCUT2D eigenvalue weighted by Gasteiger charge is -2.23. The molecule has 1 atom stereocenters. The summed E-state index contributed by atoms with van der Waals surface area (Å²) in [4.78, 5) is 2.13. The molecule has 19 heavy (non-hydrogen) atoms. The van der Waals surface area contributed by atoms with Gasteiger partial charge in [0.25, 0.3) is 0 Å². The molecule has 0 saturated carbocycles. The minimum Gasteiger partial charge on any atom is -0.365 e. The third-order valence-electron chi connectivity index (χ3n) is 3.61. The summed E-state index contributed by atoms with van der Waals surface area (Å²) < 4.78 is 13.3. The van der Waals surface area contributed by atoms with E-state index in [0.717, 1.165) is 41.4 Å². The van der Waals surface area contributed by atoms with E-state index >= 15 is 0 Å². The lowest BCUT2D eigenvalue weighted by molar-refractivity contribution is 0.382. The zero-order valence-electron chi connectivity index (χ0n) is 10.7. The summed E-state index contributed by atoms with van der Waals surface area (Å²) in [6.45, 7) is 13.3. The van der Waals surface area contributed by atoms with Gasteiger partial charge in [0, 0.05) is 30.0 Å². The van der Waals surface area contributed by atoms with Gasteiger partial charge in [0.05, 0.1) is 11.9 Å². The van der Waals surface area contributed by atoms with Crippen LogP contribution in [0.4, 0.5) is 4.39 Å². The van der Waals surface area contributed by atoms with Crippen molar-refractivity contribution in [1.29, 1.82) is 0 Å². The van der Waals surface area contributed by atoms with E-state index in [1.165, 1.54) is 6.07 Å². The minimum absolute atomic E-state index is 0.100. The molecule has 4 heteroatoms. The van der Waals surface area contributed by atoms with Gasteiger partial charge in [-0.1, -0.05) is 25.8 Å². The van der Waals surface area contributed by atoms with Crippen molar-refractivity contribution in [1.82, 2.24) is 15.5 Å². The Morgan fingerprint density at radius 1 is 1.32 bits per heavy atom. The zero-order chi connectivity index (χ0) is 13.6. The molecule has 2 aliphatic heterocycles. The number of hydrogen-bond acceptors (Lipinski definition) is 3. The fourth-order valence-electron chi connectivity index (χ4n) is 2.59. The van der Waals surface area contributed by atoms with Crippen LogP contribution in [0.25, 0.3) is 5.70 Å². The Hall–Kier alpha value is -2.23. The topological polar surface area (TPSA) is 27.3 Å². The van der Waals surface area contributed by atoms with Gasteiger partial charge in [0.2, 0.25) is 0 Å².